The van der Waals surface area contributed by atoms with E-state index < -0.39 is 0 Å². The summed E-state index contributed by atoms with van der Waals surface area (Å²) in [5, 5.41) is 3.03. The number of fused-ring (bicyclic) bond motifs is 2. The molecule has 0 bridgehead atoms. The molecule has 1 aromatic carbocycles. The Morgan fingerprint density at radius 2 is 2.25 bits per heavy atom. The van der Waals surface area contributed by atoms with Gasteiger partial charge in [0, 0.05) is 12.0 Å². The molecule has 1 aromatic heterocycles. The van der Waals surface area contributed by atoms with Gasteiger partial charge in [-0.25, -0.2) is 0 Å². The fraction of sp³-hybridized carbons (Fsp3) is 0.353. The van der Waals surface area contributed by atoms with Gasteiger partial charge in [-0.1, -0.05) is 24.3 Å². The fourth-order valence-electron chi connectivity index (χ4n) is 3.71. The maximum atomic E-state index is 11.9. The quantitative estimate of drug-likeness (QED) is 0.929. The van der Waals surface area contributed by atoms with Crippen LogP contribution in [0.1, 0.15) is 34.3 Å². The van der Waals surface area contributed by atoms with Crippen LogP contribution in [-0.4, -0.2) is 12.5 Å². The van der Waals surface area contributed by atoms with Gasteiger partial charge in [-0.05, 0) is 42.4 Å². The van der Waals surface area contributed by atoms with Crippen molar-refractivity contribution in [3.63, 3.8) is 0 Å². The molecule has 1 saturated carbocycles. The highest BCUT2D eigenvalue weighted by molar-refractivity contribution is 5.93. The molecule has 4 rings (SSSR count). The van der Waals surface area contributed by atoms with Gasteiger partial charge in [-0.2, -0.15) is 0 Å². The Kier molecular flexibility index (Phi) is 2.49. The van der Waals surface area contributed by atoms with Crippen molar-refractivity contribution >= 4 is 5.91 Å². The first-order valence-electron chi connectivity index (χ1n) is 7.18. The number of furan rings is 1. The molecule has 0 saturated heterocycles. The van der Waals surface area contributed by atoms with E-state index in [0.717, 1.165) is 6.54 Å². The monoisotopic (exact) mass is 267 g/mol. The Bertz CT molecular complexity index is 647. The molecule has 2 atom stereocenters. The third-order valence-corrected chi connectivity index (χ3v) is 4.92. The average Bonchev–Trinajstić information content (AvgIpc) is 2.83. The zero-order valence-electron chi connectivity index (χ0n) is 11.3. The molecule has 1 amide bonds. The van der Waals surface area contributed by atoms with Crippen LogP contribution in [0.5, 0.6) is 0 Å². The summed E-state index contributed by atoms with van der Waals surface area (Å²) in [6.07, 6.45) is 6.64. The van der Waals surface area contributed by atoms with Crippen molar-refractivity contribution in [1.29, 1.82) is 0 Å². The second-order valence-electron chi connectivity index (χ2n) is 5.94. The Labute approximate surface area is 118 Å². The van der Waals surface area contributed by atoms with Crippen molar-refractivity contribution in [2.45, 2.75) is 24.7 Å². The maximum Gasteiger partial charge on any atom is 0.254 e. The number of hydrogen-bond donors (Lipinski definition) is 1. The molecular formula is C17H17NO2. The van der Waals surface area contributed by atoms with Gasteiger partial charge in [0.05, 0.1) is 11.8 Å². The number of hydrogen-bond acceptors (Lipinski definition) is 2. The molecule has 2 aliphatic carbocycles. The van der Waals surface area contributed by atoms with E-state index >= 15 is 0 Å². The summed E-state index contributed by atoms with van der Waals surface area (Å²) in [5.74, 6) is 0.550. The normalized spacial score (nSPS) is 26.5. The molecular weight excluding hydrogens is 250 g/mol. The van der Waals surface area contributed by atoms with Crippen LogP contribution in [0.4, 0.5) is 0 Å². The average molecular weight is 267 g/mol. The fourth-order valence-corrected chi connectivity index (χ4v) is 3.71. The minimum Gasteiger partial charge on any atom is -0.472 e. The predicted octanol–water partition coefficient (Wildman–Crippen LogP) is 2.91. The first-order valence-corrected chi connectivity index (χ1v) is 7.18. The lowest BCUT2D eigenvalue weighted by Gasteiger charge is -2.11. The number of aryl methyl sites for hydroxylation is 1. The molecule has 1 spiro atoms. The standard InChI is InChI=1S/C17H17NO2/c19-16(13-6-8-20-11-13)18-10-14-9-17(14)7-5-12-3-1-2-4-15(12)17/h1-4,6,8,11,14H,5,7,9-10H2,(H,18,19). The number of amides is 1. The summed E-state index contributed by atoms with van der Waals surface area (Å²) in [7, 11) is 0. The Morgan fingerprint density at radius 3 is 3.10 bits per heavy atom. The third kappa shape index (κ3) is 1.69. The molecule has 102 valence electrons. The van der Waals surface area contributed by atoms with Crippen molar-refractivity contribution in [3.05, 3.63) is 59.5 Å². The SMILES string of the molecule is O=C(NCC1CC12CCc1ccccc12)c1ccoc1. The molecule has 1 heterocycles. The van der Waals surface area contributed by atoms with Crippen LogP contribution in [0.15, 0.2) is 47.3 Å². The van der Waals surface area contributed by atoms with Crippen molar-refractivity contribution in [2.75, 3.05) is 6.54 Å². The van der Waals surface area contributed by atoms with Crippen LogP contribution in [0.25, 0.3) is 0 Å². The van der Waals surface area contributed by atoms with E-state index in [4.69, 9.17) is 4.42 Å². The molecule has 0 aliphatic heterocycles. The van der Waals surface area contributed by atoms with Crippen molar-refractivity contribution in [3.8, 4) is 0 Å². The van der Waals surface area contributed by atoms with Gasteiger partial charge >= 0.3 is 0 Å². The molecule has 0 radical (unpaired) electrons. The molecule has 3 nitrogen and oxygen atoms in total. The Morgan fingerprint density at radius 1 is 1.35 bits per heavy atom. The largest absolute Gasteiger partial charge is 0.472 e. The van der Waals surface area contributed by atoms with Gasteiger partial charge in [-0.3, -0.25) is 4.79 Å². The molecule has 2 aromatic rings. The smallest absolute Gasteiger partial charge is 0.254 e. The summed E-state index contributed by atoms with van der Waals surface area (Å²) in [4.78, 5) is 11.9. The number of benzene rings is 1. The van der Waals surface area contributed by atoms with Gasteiger partial charge in [0.15, 0.2) is 0 Å². The van der Waals surface area contributed by atoms with E-state index in [0.29, 0.717) is 16.9 Å². The van der Waals surface area contributed by atoms with Crippen LogP contribution in [-0.2, 0) is 11.8 Å². The molecule has 2 unspecified atom stereocenters. The Hall–Kier alpha value is -2.03. The molecule has 2 aliphatic rings. The summed E-state index contributed by atoms with van der Waals surface area (Å²) in [6, 6.07) is 10.5. The highest BCUT2D eigenvalue weighted by Gasteiger charge is 2.57. The van der Waals surface area contributed by atoms with Crippen LogP contribution < -0.4 is 5.32 Å². The number of carbonyl (C=O) groups is 1. The number of rotatable bonds is 3. The van der Waals surface area contributed by atoms with Gasteiger partial charge in [0.2, 0.25) is 0 Å². The van der Waals surface area contributed by atoms with Gasteiger partial charge < -0.3 is 9.73 Å². The molecule has 20 heavy (non-hydrogen) atoms. The highest BCUT2D eigenvalue weighted by Crippen LogP contribution is 2.61. The zero-order valence-corrected chi connectivity index (χ0v) is 11.3. The number of carbonyl (C=O) groups excluding carboxylic acids is 1. The van der Waals surface area contributed by atoms with Gasteiger partial charge in [-0.15, -0.1) is 0 Å². The first-order chi connectivity index (χ1) is 9.79. The summed E-state index contributed by atoms with van der Waals surface area (Å²) < 4.78 is 4.94. The van der Waals surface area contributed by atoms with Crippen LogP contribution >= 0.6 is 0 Å². The van der Waals surface area contributed by atoms with Crippen molar-refractivity contribution < 1.29 is 9.21 Å². The van der Waals surface area contributed by atoms with E-state index in [1.54, 1.807) is 6.07 Å². The van der Waals surface area contributed by atoms with E-state index in [-0.39, 0.29) is 5.91 Å². The minimum absolute atomic E-state index is 0.0351. The summed E-state index contributed by atoms with van der Waals surface area (Å²) in [5.41, 5.74) is 3.96. The van der Waals surface area contributed by atoms with Crippen LogP contribution in [0.3, 0.4) is 0 Å². The molecule has 1 fully saturated rings. The lowest BCUT2D eigenvalue weighted by atomic mass is 9.95. The number of nitrogens with one attached hydrogen (secondary N) is 1. The lowest BCUT2D eigenvalue weighted by Crippen LogP contribution is -2.27. The Balaban J connectivity index is 1.43. The van der Waals surface area contributed by atoms with Gasteiger partial charge in [0.25, 0.3) is 5.91 Å². The summed E-state index contributed by atoms with van der Waals surface area (Å²) >= 11 is 0. The topological polar surface area (TPSA) is 42.2 Å². The third-order valence-electron chi connectivity index (χ3n) is 4.92. The van der Waals surface area contributed by atoms with E-state index in [9.17, 15) is 4.79 Å². The van der Waals surface area contributed by atoms with E-state index in [1.165, 1.54) is 42.9 Å². The minimum atomic E-state index is -0.0351. The predicted molar refractivity (Wildman–Crippen MR) is 75.6 cm³/mol. The summed E-state index contributed by atoms with van der Waals surface area (Å²) in [6.45, 7) is 0.762. The highest BCUT2D eigenvalue weighted by atomic mass is 16.3. The second kappa shape index (κ2) is 4.23. The van der Waals surface area contributed by atoms with Crippen molar-refractivity contribution in [2.24, 2.45) is 5.92 Å². The van der Waals surface area contributed by atoms with E-state index in [2.05, 4.69) is 29.6 Å². The van der Waals surface area contributed by atoms with Crippen LogP contribution in [0, 0.1) is 5.92 Å². The lowest BCUT2D eigenvalue weighted by molar-refractivity contribution is 0.0950. The maximum absolute atomic E-state index is 11.9. The van der Waals surface area contributed by atoms with Crippen molar-refractivity contribution in [1.82, 2.24) is 5.32 Å². The first kappa shape index (κ1) is 11.8. The van der Waals surface area contributed by atoms with E-state index in [1.807, 2.05) is 0 Å². The van der Waals surface area contributed by atoms with Gasteiger partial charge in [0.1, 0.15) is 6.26 Å². The van der Waals surface area contributed by atoms with Crippen LogP contribution in [0.2, 0.25) is 0 Å². The zero-order chi connectivity index (χ0) is 13.6. The second-order valence-corrected chi connectivity index (χ2v) is 5.94. The molecule has 1 N–H and O–H groups in total. The molecule has 3 heteroatoms.